The molecule has 1 N–H and O–H groups in total. The van der Waals surface area contributed by atoms with Gasteiger partial charge >= 0.3 is 0 Å². The Labute approximate surface area is 231 Å². The quantitative estimate of drug-likeness (QED) is 0.349. The van der Waals surface area contributed by atoms with E-state index in [1.54, 1.807) is 6.08 Å². The highest BCUT2D eigenvalue weighted by Gasteiger charge is 2.35. The maximum Gasteiger partial charge on any atom is 0.293 e. The molecule has 0 unspecified atom stereocenters. The van der Waals surface area contributed by atoms with E-state index in [0.29, 0.717) is 17.2 Å². The summed E-state index contributed by atoms with van der Waals surface area (Å²) in [5.74, 6) is -0.463. The molecule has 1 aromatic heterocycles. The van der Waals surface area contributed by atoms with Crippen molar-refractivity contribution in [1.82, 2.24) is 14.8 Å². The third-order valence-corrected chi connectivity index (χ3v) is 7.70. The van der Waals surface area contributed by atoms with Crippen LogP contribution >= 0.6 is 27.7 Å². The fraction of sp³-hybridized carbons (Fsp3) is 0.296. The molecule has 11 heteroatoms. The number of halogens is 2. The monoisotopic (exact) mass is 601 g/mol. The summed E-state index contributed by atoms with van der Waals surface area (Å²) < 4.78 is 26.9. The summed E-state index contributed by atoms with van der Waals surface area (Å²) in [7, 11) is 0. The third kappa shape index (κ3) is 6.11. The van der Waals surface area contributed by atoms with Gasteiger partial charge < -0.3 is 19.4 Å². The molecular weight excluding hydrogens is 577 g/mol. The number of thioether (sulfide) groups is 1. The van der Waals surface area contributed by atoms with Gasteiger partial charge in [-0.2, -0.15) is 0 Å². The summed E-state index contributed by atoms with van der Waals surface area (Å²) in [5.41, 5.74) is 1.56. The molecule has 2 aliphatic heterocycles. The first-order valence-electron chi connectivity index (χ1n) is 12.2. The molecule has 38 heavy (non-hydrogen) atoms. The lowest BCUT2D eigenvalue weighted by molar-refractivity contribution is -0.123. The standard InChI is InChI=1S/C27H25BrFN3O5S/c28-18-3-8-23-22(13-18)17(15-31(23)16-25(33)30-14-21-2-1-10-36-21)12-24-26(34)32(27(35)38-24)9-11-37-20-6-4-19(29)5-7-20/h3-8,12-13,15,21H,1-2,9-11,14,16H2,(H,30,33)/b24-12-/t21-/m1/s1. The van der Waals surface area contributed by atoms with Crippen LogP contribution in [0.25, 0.3) is 17.0 Å². The summed E-state index contributed by atoms with van der Waals surface area (Å²) in [6, 6.07) is 11.2. The van der Waals surface area contributed by atoms with Crippen molar-refractivity contribution in [3.63, 3.8) is 0 Å². The van der Waals surface area contributed by atoms with Crippen LogP contribution in [0.3, 0.4) is 0 Å². The molecule has 3 aromatic rings. The summed E-state index contributed by atoms with van der Waals surface area (Å²) in [4.78, 5) is 39.7. The summed E-state index contributed by atoms with van der Waals surface area (Å²) >= 11 is 4.35. The van der Waals surface area contributed by atoms with Crippen molar-refractivity contribution < 1.29 is 28.2 Å². The van der Waals surface area contributed by atoms with Gasteiger partial charge in [0.25, 0.3) is 11.1 Å². The zero-order chi connectivity index (χ0) is 26.6. The molecule has 2 aromatic carbocycles. The number of nitrogens with zero attached hydrogens (tertiary/aromatic N) is 2. The first-order chi connectivity index (χ1) is 18.4. The van der Waals surface area contributed by atoms with Crippen LogP contribution in [0.1, 0.15) is 18.4 Å². The summed E-state index contributed by atoms with van der Waals surface area (Å²) in [5, 5.41) is 3.39. The van der Waals surface area contributed by atoms with Crippen LogP contribution in [0.2, 0.25) is 0 Å². The van der Waals surface area contributed by atoms with E-state index in [-0.39, 0.29) is 42.8 Å². The Bertz CT molecular complexity index is 1400. The fourth-order valence-corrected chi connectivity index (χ4v) is 5.62. The number of hydrogen-bond donors (Lipinski definition) is 1. The minimum Gasteiger partial charge on any atom is -0.492 e. The Morgan fingerprint density at radius 3 is 2.82 bits per heavy atom. The van der Waals surface area contributed by atoms with Gasteiger partial charge in [-0.15, -0.1) is 0 Å². The Kier molecular flexibility index (Phi) is 8.15. The van der Waals surface area contributed by atoms with E-state index in [9.17, 15) is 18.8 Å². The second-order valence-electron chi connectivity index (χ2n) is 8.95. The number of hydrogen-bond acceptors (Lipinski definition) is 6. The van der Waals surface area contributed by atoms with Crippen molar-refractivity contribution >= 4 is 61.7 Å². The molecule has 198 valence electrons. The van der Waals surface area contributed by atoms with E-state index in [1.165, 1.54) is 24.3 Å². The third-order valence-electron chi connectivity index (χ3n) is 6.30. The van der Waals surface area contributed by atoms with Crippen LogP contribution in [0.15, 0.2) is 58.0 Å². The molecule has 8 nitrogen and oxygen atoms in total. The number of aromatic nitrogens is 1. The van der Waals surface area contributed by atoms with Crippen LogP contribution < -0.4 is 10.1 Å². The van der Waals surface area contributed by atoms with E-state index in [2.05, 4.69) is 21.2 Å². The lowest BCUT2D eigenvalue weighted by atomic mass is 10.1. The van der Waals surface area contributed by atoms with Crippen LogP contribution in [0, 0.1) is 5.82 Å². The Morgan fingerprint density at radius 2 is 2.05 bits per heavy atom. The number of rotatable bonds is 9. The van der Waals surface area contributed by atoms with Crippen molar-refractivity contribution in [3.8, 4) is 5.75 Å². The second kappa shape index (κ2) is 11.7. The van der Waals surface area contributed by atoms with Crippen molar-refractivity contribution in [1.29, 1.82) is 0 Å². The van der Waals surface area contributed by atoms with E-state index < -0.39 is 5.91 Å². The summed E-state index contributed by atoms with van der Waals surface area (Å²) in [6.45, 7) is 1.48. The van der Waals surface area contributed by atoms with Gasteiger partial charge in [0.15, 0.2) is 0 Å². The van der Waals surface area contributed by atoms with Crippen molar-refractivity contribution in [2.75, 3.05) is 26.3 Å². The van der Waals surface area contributed by atoms with E-state index in [4.69, 9.17) is 9.47 Å². The molecule has 1 atom stereocenters. The van der Waals surface area contributed by atoms with E-state index >= 15 is 0 Å². The van der Waals surface area contributed by atoms with Crippen molar-refractivity contribution in [2.45, 2.75) is 25.5 Å². The molecule has 2 aliphatic rings. The van der Waals surface area contributed by atoms with Gasteiger partial charge in [-0.3, -0.25) is 19.3 Å². The number of benzene rings is 2. The predicted octanol–water partition coefficient (Wildman–Crippen LogP) is 4.95. The first kappa shape index (κ1) is 26.5. The highest BCUT2D eigenvalue weighted by atomic mass is 79.9. The number of carbonyl (C=O) groups is 3. The van der Waals surface area contributed by atoms with Crippen molar-refractivity contribution in [2.24, 2.45) is 0 Å². The molecule has 0 bridgehead atoms. The average molecular weight is 602 g/mol. The van der Waals surface area contributed by atoms with Gasteiger partial charge in [0.05, 0.1) is 17.6 Å². The number of fused-ring (bicyclic) bond motifs is 1. The maximum absolute atomic E-state index is 13.1. The topological polar surface area (TPSA) is 89.9 Å². The normalized spacial score (nSPS) is 18.6. The minimum absolute atomic E-state index is 0.0589. The van der Waals surface area contributed by atoms with Gasteiger partial charge in [0.2, 0.25) is 5.91 Å². The van der Waals surface area contributed by atoms with Gasteiger partial charge in [-0.1, -0.05) is 15.9 Å². The maximum atomic E-state index is 13.1. The molecule has 0 aliphatic carbocycles. The number of ether oxygens (including phenoxy) is 2. The molecule has 0 spiro atoms. The highest BCUT2D eigenvalue weighted by Crippen LogP contribution is 2.34. The number of nitrogens with one attached hydrogen (secondary N) is 1. The molecule has 2 fully saturated rings. The van der Waals surface area contributed by atoms with E-state index in [1.807, 2.05) is 29.0 Å². The van der Waals surface area contributed by atoms with Gasteiger partial charge in [-0.25, -0.2) is 4.39 Å². The van der Waals surface area contributed by atoms with Gasteiger partial charge in [-0.05, 0) is 73.1 Å². The number of carbonyl (C=O) groups excluding carboxylic acids is 3. The second-order valence-corrected chi connectivity index (χ2v) is 10.9. The highest BCUT2D eigenvalue weighted by molar-refractivity contribution is 9.10. The SMILES string of the molecule is O=C(Cn1cc(/C=C2\SC(=O)N(CCOc3ccc(F)cc3)C2=O)c2cc(Br)ccc21)NC[C@H]1CCCO1. The molecule has 0 saturated carbocycles. The van der Waals surface area contributed by atoms with Gasteiger partial charge in [0.1, 0.15) is 24.7 Å². The lowest BCUT2D eigenvalue weighted by Gasteiger charge is -2.13. The zero-order valence-electron chi connectivity index (χ0n) is 20.3. The van der Waals surface area contributed by atoms with Crippen LogP contribution in [-0.2, 0) is 20.9 Å². The fourth-order valence-electron chi connectivity index (χ4n) is 4.41. The van der Waals surface area contributed by atoms with Crippen LogP contribution in [-0.4, -0.2) is 58.9 Å². The molecule has 3 amide bonds. The number of imide groups is 1. The minimum atomic E-state index is -0.409. The molecule has 5 rings (SSSR count). The molecular formula is C27H25BrFN3O5S. The van der Waals surface area contributed by atoms with Crippen molar-refractivity contribution in [3.05, 3.63) is 69.4 Å². The Balaban J connectivity index is 1.29. The first-order valence-corrected chi connectivity index (χ1v) is 13.8. The lowest BCUT2D eigenvalue weighted by Crippen LogP contribution is -2.34. The van der Waals surface area contributed by atoms with E-state index in [0.717, 1.165) is 57.0 Å². The average Bonchev–Trinajstić information content (AvgIpc) is 3.60. The molecule has 0 radical (unpaired) electrons. The largest absolute Gasteiger partial charge is 0.492 e. The smallest absolute Gasteiger partial charge is 0.293 e. The Morgan fingerprint density at radius 1 is 1.24 bits per heavy atom. The van der Waals surface area contributed by atoms with Crippen LogP contribution in [0.4, 0.5) is 9.18 Å². The predicted molar refractivity (Wildman–Crippen MR) is 146 cm³/mol. The van der Waals surface area contributed by atoms with Crippen LogP contribution in [0.5, 0.6) is 5.75 Å². The molecule has 2 saturated heterocycles. The molecule has 3 heterocycles. The zero-order valence-corrected chi connectivity index (χ0v) is 22.7. The van der Waals surface area contributed by atoms with Gasteiger partial charge in [0, 0.05) is 40.3 Å². The number of amides is 3. The Hall–Kier alpha value is -3.15. The summed E-state index contributed by atoms with van der Waals surface area (Å²) in [6.07, 6.45) is 5.50.